The first-order chi connectivity index (χ1) is 12.1. The number of nitrogens with two attached hydrogens (primary N) is 1. The number of halogens is 2. The molecule has 0 unspecified atom stereocenters. The minimum atomic E-state index is 0. The number of carbonyl (C=O) groups is 1. The van der Waals surface area contributed by atoms with Crippen LogP contribution in [-0.4, -0.2) is 48.1 Å². The molecule has 1 aromatic rings. The molecular formula is C20H31Cl2N3O. The molecule has 4 nitrogen and oxygen atoms in total. The largest absolute Gasteiger partial charge is 0.330 e. The van der Waals surface area contributed by atoms with Crippen LogP contribution in [0.15, 0.2) is 24.3 Å². The lowest BCUT2D eigenvalue weighted by Crippen LogP contribution is -2.46. The summed E-state index contributed by atoms with van der Waals surface area (Å²) in [5, 5.41) is 0.772. The van der Waals surface area contributed by atoms with Crippen LogP contribution in [0.3, 0.4) is 0 Å². The van der Waals surface area contributed by atoms with Gasteiger partial charge in [0.05, 0.1) is 0 Å². The molecule has 26 heavy (non-hydrogen) atoms. The zero-order chi connectivity index (χ0) is 17.9. The zero-order valence-electron chi connectivity index (χ0n) is 15.6. The fourth-order valence-electron chi connectivity index (χ4n) is 4.39. The Morgan fingerprint density at radius 3 is 2.62 bits per heavy atom. The van der Waals surface area contributed by atoms with Crippen molar-refractivity contribution in [3.63, 3.8) is 0 Å². The molecule has 0 atom stereocenters. The monoisotopic (exact) mass is 399 g/mol. The lowest BCUT2D eigenvalue weighted by molar-refractivity contribution is 0.144. The van der Waals surface area contributed by atoms with Crippen molar-refractivity contribution in [2.75, 3.05) is 26.2 Å². The summed E-state index contributed by atoms with van der Waals surface area (Å²) in [7, 11) is 0. The van der Waals surface area contributed by atoms with E-state index in [1.165, 1.54) is 5.56 Å². The Hall–Kier alpha value is -0.970. The number of hydrogen-bond donors (Lipinski definition) is 1. The Kier molecular flexibility index (Phi) is 7.63. The van der Waals surface area contributed by atoms with Crippen molar-refractivity contribution >= 4 is 30.0 Å². The Morgan fingerprint density at radius 1 is 1.27 bits per heavy atom. The molecule has 2 amide bonds. The Balaban J connectivity index is 0.00000243. The fourth-order valence-corrected chi connectivity index (χ4v) is 4.58. The molecule has 146 valence electrons. The van der Waals surface area contributed by atoms with Crippen LogP contribution in [0, 0.1) is 0 Å². The summed E-state index contributed by atoms with van der Waals surface area (Å²) in [5.74, 6) is 0. The standard InChI is InChI=1S/C20H30ClN3O.ClH/c1-2-3-11-23-12-13-24(19(23)25)18-7-9-20(15-22,10-8-18)16-5-4-6-17(21)14-16;/h4-6,14,18H,2-3,7-13,15,22H2,1H3;1H/t18-,20-;. The highest BCUT2D eigenvalue weighted by atomic mass is 35.5. The summed E-state index contributed by atoms with van der Waals surface area (Å²) in [6, 6.07) is 8.72. The molecule has 2 aliphatic rings. The van der Waals surface area contributed by atoms with Gasteiger partial charge in [0, 0.05) is 42.7 Å². The molecule has 3 rings (SSSR count). The van der Waals surface area contributed by atoms with Crippen molar-refractivity contribution in [3.8, 4) is 0 Å². The van der Waals surface area contributed by atoms with Crippen LogP contribution < -0.4 is 5.73 Å². The van der Waals surface area contributed by atoms with E-state index in [0.717, 1.165) is 63.2 Å². The van der Waals surface area contributed by atoms with Crippen LogP contribution in [0.5, 0.6) is 0 Å². The van der Waals surface area contributed by atoms with Crippen LogP contribution >= 0.6 is 24.0 Å². The van der Waals surface area contributed by atoms with E-state index < -0.39 is 0 Å². The van der Waals surface area contributed by atoms with Gasteiger partial charge in [0.15, 0.2) is 0 Å². The minimum Gasteiger partial charge on any atom is -0.330 e. The number of nitrogens with zero attached hydrogens (tertiary/aromatic N) is 2. The number of hydrogen-bond acceptors (Lipinski definition) is 2. The number of urea groups is 1. The van der Waals surface area contributed by atoms with Gasteiger partial charge in [-0.3, -0.25) is 0 Å². The average Bonchev–Trinajstić information content (AvgIpc) is 3.00. The lowest BCUT2D eigenvalue weighted by atomic mass is 9.68. The van der Waals surface area contributed by atoms with Crippen molar-refractivity contribution < 1.29 is 4.79 Å². The van der Waals surface area contributed by atoms with Crippen molar-refractivity contribution in [1.29, 1.82) is 0 Å². The molecule has 1 saturated heterocycles. The Labute approximate surface area is 168 Å². The number of benzene rings is 1. The van der Waals surface area contributed by atoms with E-state index in [0.29, 0.717) is 12.6 Å². The van der Waals surface area contributed by atoms with Crippen LogP contribution in [0.1, 0.15) is 51.0 Å². The minimum absolute atomic E-state index is 0. The van der Waals surface area contributed by atoms with Gasteiger partial charge in [-0.25, -0.2) is 4.79 Å². The van der Waals surface area contributed by atoms with E-state index in [9.17, 15) is 4.79 Å². The number of carbonyl (C=O) groups excluding carboxylic acids is 1. The quantitative estimate of drug-likeness (QED) is 0.768. The first-order valence-electron chi connectivity index (χ1n) is 9.61. The molecule has 1 saturated carbocycles. The van der Waals surface area contributed by atoms with E-state index in [1.807, 2.05) is 17.0 Å². The molecule has 1 aliphatic heterocycles. The topological polar surface area (TPSA) is 49.6 Å². The maximum atomic E-state index is 12.7. The van der Waals surface area contributed by atoms with E-state index in [-0.39, 0.29) is 23.9 Å². The fraction of sp³-hybridized carbons (Fsp3) is 0.650. The molecule has 0 radical (unpaired) electrons. The molecule has 6 heteroatoms. The first kappa shape index (κ1) is 21.3. The van der Waals surface area contributed by atoms with E-state index in [4.69, 9.17) is 17.3 Å². The van der Waals surface area contributed by atoms with Gasteiger partial charge in [0.2, 0.25) is 0 Å². The van der Waals surface area contributed by atoms with Gasteiger partial charge < -0.3 is 15.5 Å². The molecule has 1 aliphatic carbocycles. The maximum absolute atomic E-state index is 12.7. The lowest BCUT2D eigenvalue weighted by Gasteiger charge is -2.42. The number of rotatable bonds is 6. The summed E-state index contributed by atoms with van der Waals surface area (Å²) < 4.78 is 0. The molecular weight excluding hydrogens is 369 g/mol. The normalized spacial score (nSPS) is 26.1. The zero-order valence-corrected chi connectivity index (χ0v) is 17.2. The highest BCUT2D eigenvalue weighted by molar-refractivity contribution is 6.30. The average molecular weight is 400 g/mol. The van der Waals surface area contributed by atoms with Crippen molar-refractivity contribution in [2.24, 2.45) is 5.73 Å². The molecule has 0 bridgehead atoms. The van der Waals surface area contributed by atoms with Crippen molar-refractivity contribution in [3.05, 3.63) is 34.9 Å². The third-order valence-electron chi connectivity index (χ3n) is 6.09. The highest BCUT2D eigenvalue weighted by Gasteiger charge is 2.40. The SMILES string of the molecule is CCCCN1CCN([C@H]2CC[C@](CN)(c3cccc(Cl)c3)CC2)C1=O.Cl. The van der Waals surface area contributed by atoms with Crippen LogP contribution in [0.25, 0.3) is 0 Å². The summed E-state index contributed by atoms with van der Waals surface area (Å²) >= 11 is 6.19. The molecule has 2 fully saturated rings. The maximum Gasteiger partial charge on any atom is 0.320 e. The van der Waals surface area contributed by atoms with Gasteiger partial charge in [-0.15, -0.1) is 12.4 Å². The van der Waals surface area contributed by atoms with Gasteiger partial charge in [0.1, 0.15) is 0 Å². The number of unbranched alkanes of at least 4 members (excludes halogenated alkanes) is 1. The Morgan fingerprint density at radius 2 is 2.00 bits per heavy atom. The van der Waals surface area contributed by atoms with Crippen LogP contribution in [0.4, 0.5) is 4.79 Å². The van der Waals surface area contributed by atoms with Crippen LogP contribution in [0.2, 0.25) is 5.02 Å². The molecule has 1 aromatic carbocycles. The van der Waals surface area contributed by atoms with Crippen molar-refractivity contribution in [1.82, 2.24) is 9.80 Å². The summed E-state index contributed by atoms with van der Waals surface area (Å²) in [6.45, 7) is 5.46. The third kappa shape index (κ3) is 4.29. The predicted molar refractivity (Wildman–Crippen MR) is 110 cm³/mol. The molecule has 2 N–H and O–H groups in total. The summed E-state index contributed by atoms with van der Waals surface area (Å²) in [5.41, 5.74) is 7.45. The highest BCUT2D eigenvalue weighted by Crippen LogP contribution is 2.41. The second kappa shape index (κ2) is 9.29. The smallest absolute Gasteiger partial charge is 0.320 e. The molecule has 1 heterocycles. The van der Waals surface area contributed by atoms with Gasteiger partial charge in [-0.1, -0.05) is 37.1 Å². The van der Waals surface area contributed by atoms with Gasteiger partial charge in [0.25, 0.3) is 0 Å². The van der Waals surface area contributed by atoms with Gasteiger partial charge in [-0.05, 0) is 49.8 Å². The van der Waals surface area contributed by atoms with Gasteiger partial charge in [-0.2, -0.15) is 0 Å². The molecule has 0 spiro atoms. The first-order valence-corrected chi connectivity index (χ1v) is 9.99. The third-order valence-corrected chi connectivity index (χ3v) is 6.32. The number of amides is 2. The van der Waals surface area contributed by atoms with E-state index in [1.54, 1.807) is 0 Å². The summed E-state index contributed by atoms with van der Waals surface area (Å²) in [4.78, 5) is 16.8. The second-order valence-corrected chi connectivity index (χ2v) is 7.98. The summed E-state index contributed by atoms with van der Waals surface area (Å²) in [6.07, 6.45) is 6.32. The van der Waals surface area contributed by atoms with E-state index in [2.05, 4.69) is 24.0 Å². The predicted octanol–water partition coefficient (Wildman–Crippen LogP) is 4.44. The molecule has 0 aromatic heterocycles. The second-order valence-electron chi connectivity index (χ2n) is 7.54. The van der Waals surface area contributed by atoms with Gasteiger partial charge >= 0.3 is 6.03 Å². The van der Waals surface area contributed by atoms with Crippen molar-refractivity contribution in [2.45, 2.75) is 56.9 Å². The van der Waals surface area contributed by atoms with E-state index >= 15 is 0 Å². The Bertz CT molecular complexity index is 602. The van der Waals surface area contributed by atoms with Crippen LogP contribution in [-0.2, 0) is 5.41 Å².